The molecule has 12 nitrogen and oxygen atoms in total. The molecule has 14 heteroatoms. The minimum absolute atomic E-state index is 0.0696. The maximum Gasteiger partial charge on any atom is 0.260 e. The first-order chi connectivity index (χ1) is 28.1. The lowest BCUT2D eigenvalue weighted by atomic mass is 9.49. The number of para-hydroxylation sites is 1. The maximum atomic E-state index is 15.5. The third kappa shape index (κ3) is 5.75. The number of hydrogen-bond acceptors (Lipinski definition) is 10. The van der Waals surface area contributed by atoms with Gasteiger partial charge in [0.2, 0.25) is 11.8 Å². The minimum Gasteiger partial charge on any atom is -0.504 e. The molecule has 4 amide bonds. The summed E-state index contributed by atoms with van der Waals surface area (Å²) in [6.45, 7) is 2.73. The smallest absolute Gasteiger partial charge is 0.260 e. The molecule has 3 saturated heterocycles. The van der Waals surface area contributed by atoms with Crippen LogP contribution in [0.15, 0.2) is 96.6 Å². The van der Waals surface area contributed by atoms with Crippen LogP contribution < -0.4 is 24.7 Å². The molecule has 5 aliphatic rings. The van der Waals surface area contributed by atoms with Crippen molar-refractivity contribution in [3.63, 3.8) is 0 Å². The zero-order valence-electron chi connectivity index (χ0n) is 31.7. The zero-order valence-corrected chi connectivity index (χ0v) is 33.2. The Balaban J connectivity index is 1.19. The number of nitrogens with one attached hydrogen (secondary N) is 1. The third-order valence-electron chi connectivity index (χ3n) is 12.6. The summed E-state index contributed by atoms with van der Waals surface area (Å²) in [5, 5.41) is 13.5. The van der Waals surface area contributed by atoms with Crippen LogP contribution in [0.5, 0.6) is 17.2 Å². The van der Waals surface area contributed by atoms with E-state index < -0.39 is 46.8 Å². The summed E-state index contributed by atoms with van der Waals surface area (Å²) in [6.07, 6.45) is 2.23. The first-order valence-electron chi connectivity index (χ1n) is 19.2. The number of benzene rings is 4. The van der Waals surface area contributed by atoms with Gasteiger partial charge in [0, 0.05) is 35.3 Å². The highest BCUT2D eigenvalue weighted by atomic mass is 35.5. The molecule has 0 spiro atoms. The number of rotatable bonds is 8. The number of carbonyl (C=O) groups excluding carboxylic acids is 4. The normalized spacial score (nSPS) is 26.6. The third-order valence-corrected chi connectivity index (χ3v) is 13.2. The Labute approximate surface area is 344 Å². The van der Waals surface area contributed by atoms with E-state index in [1.165, 1.54) is 25.2 Å². The van der Waals surface area contributed by atoms with Gasteiger partial charge in [-0.05, 0) is 85.0 Å². The summed E-state index contributed by atoms with van der Waals surface area (Å²) < 4.78 is 16.6. The second kappa shape index (κ2) is 14.7. The molecule has 0 bridgehead atoms. The lowest BCUT2D eigenvalue weighted by molar-refractivity contribution is -0.138. The molecule has 3 aliphatic heterocycles. The summed E-state index contributed by atoms with van der Waals surface area (Å²) in [5.74, 6) is -5.49. The van der Waals surface area contributed by atoms with E-state index in [1.54, 1.807) is 66.7 Å². The van der Waals surface area contributed by atoms with Crippen molar-refractivity contribution in [1.29, 1.82) is 0 Å². The Kier molecular flexibility index (Phi) is 9.61. The van der Waals surface area contributed by atoms with Gasteiger partial charge in [0.1, 0.15) is 5.75 Å². The van der Waals surface area contributed by atoms with Crippen molar-refractivity contribution in [3.8, 4) is 17.2 Å². The number of ether oxygens (including phenoxy) is 3. The maximum absolute atomic E-state index is 15.5. The Morgan fingerprint density at radius 1 is 0.828 bits per heavy atom. The van der Waals surface area contributed by atoms with Gasteiger partial charge >= 0.3 is 0 Å². The van der Waals surface area contributed by atoms with E-state index in [1.807, 2.05) is 18.2 Å². The largest absolute Gasteiger partial charge is 0.504 e. The molecule has 1 saturated carbocycles. The Morgan fingerprint density at radius 3 is 2.24 bits per heavy atom. The van der Waals surface area contributed by atoms with Crippen LogP contribution in [-0.4, -0.2) is 74.3 Å². The molecule has 6 atom stereocenters. The number of fused-ring (bicyclic) bond motifs is 4. The number of allylic oxidation sites excluding steroid dienone is 2. The number of nitrogens with zero attached hydrogens (tertiary/aromatic N) is 3. The number of phenols is 1. The van der Waals surface area contributed by atoms with E-state index in [2.05, 4.69) is 10.3 Å². The number of methoxy groups -OCH3 is 2. The number of halogens is 2. The van der Waals surface area contributed by atoms with Crippen LogP contribution in [0.4, 0.5) is 17.1 Å². The number of phenolic OH excluding ortho intramolecular Hbond substituents is 1. The molecule has 0 unspecified atom stereocenters. The second-order valence-electron chi connectivity index (χ2n) is 15.2. The lowest BCUT2D eigenvalue weighted by Gasteiger charge is -2.50. The fourth-order valence-electron chi connectivity index (χ4n) is 10.0. The first-order valence-corrected chi connectivity index (χ1v) is 19.9. The number of imide groups is 2. The van der Waals surface area contributed by atoms with Crippen LogP contribution in [0.25, 0.3) is 0 Å². The van der Waals surface area contributed by atoms with Crippen molar-refractivity contribution in [2.45, 2.75) is 24.2 Å². The van der Waals surface area contributed by atoms with Gasteiger partial charge in [-0.25, -0.2) is 0 Å². The van der Waals surface area contributed by atoms with Crippen LogP contribution in [-0.2, 0) is 29.3 Å². The van der Waals surface area contributed by atoms with Gasteiger partial charge in [0.25, 0.3) is 11.8 Å². The first kappa shape index (κ1) is 38.0. The number of morpholine rings is 1. The quantitative estimate of drug-likeness (QED) is 0.145. The van der Waals surface area contributed by atoms with E-state index >= 15 is 9.59 Å². The molecular weight excluding hydrogens is 783 g/mol. The van der Waals surface area contributed by atoms with Gasteiger partial charge in [-0.1, -0.05) is 59.1 Å². The van der Waals surface area contributed by atoms with Crippen molar-refractivity contribution >= 4 is 63.9 Å². The molecule has 58 heavy (non-hydrogen) atoms. The summed E-state index contributed by atoms with van der Waals surface area (Å²) in [5.41, 5.74) is 4.60. The fraction of sp³-hybridized carbons (Fsp3) is 0.318. The van der Waals surface area contributed by atoms with E-state index in [-0.39, 0.29) is 46.9 Å². The molecule has 2 aliphatic carbocycles. The van der Waals surface area contributed by atoms with Crippen molar-refractivity contribution in [1.82, 2.24) is 5.01 Å². The Morgan fingerprint density at radius 2 is 1.55 bits per heavy atom. The van der Waals surface area contributed by atoms with Crippen LogP contribution >= 0.6 is 23.2 Å². The lowest BCUT2D eigenvalue weighted by Crippen LogP contribution is -2.53. The Bertz CT molecular complexity index is 2370. The van der Waals surface area contributed by atoms with Crippen LogP contribution in [0.1, 0.15) is 29.9 Å². The predicted molar refractivity (Wildman–Crippen MR) is 217 cm³/mol. The number of hydrogen-bond donors (Lipinski definition) is 2. The topological polar surface area (TPSA) is 138 Å². The monoisotopic (exact) mass is 822 g/mol. The van der Waals surface area contributed by atoms with Crippen LogP contribution in [0.2, 0.25) is 10.0 Å². The van der Waals surface area contributed by atoms with Gasteiger partial charge in [0.05, 0.1) is 67.0 Å². The number of amides is 4. The molecule has 0 radical (unpaired) electrons. The molecule has 3 heterocycles. The molecule has 9 rings (SSSR count). The fourth-order valence-corrected chi connectivity index (χ4v) is 10.5. The highest BCUT2D eigenvalue weighted by Gasteiger charge is 2.70. The number of carbonyl (C=O) groups is 4. The highest BCUT2D eigenvalue weighted by Crippen LogP contribution is 2.65. The number of anilines is 3. The molecule has 4 fully saturated rings. The van der Waals surface area contributed by atoms with Gasteiger partial charge in [0.15, 0.2) is 11.5 Å². The minimum atomic E-state index is -1.64. The van der Waals surface area contributed by atoms with Gasteiger partial charge < -0.3 is 24.2 Å². The van der Waals surface area contributed by atoms with E-state index in [9.17, 15) is 14.7 Å². The number of aromatic hydroxyl groups is 1. The standard InChI is InChI=1S/C44H40Cl2N4O8/c1-56-28-13-6-24(7-14-28)44-33(41(53)50(43(44)55)47-35-17-8-25(45)22-34(35)46)23-32-29(38(44)31-4-3-5-36(57-2)39(31)51)15-16-30-37(32)42(54)49(40(30)52)27-11-9-26(10-12-27)48-18-20-58-21-19-48/h3-15,17,22,30,32-33,37-38,47,51H,16,18-21,23H2,1-2H3/t30-,32+,33-,37-,38+,44+/m0/s1. The molecule has 4 aromatic carbocycles. The molecule has 298 valence electrons. The summed E-state index contributed by atoms with van der Waals surface area (Å²) in [6, 6.07) is 24.1. The van der Waals surface area contributed by atoms with Crippen molar-refractivity contribution in [2.24, 2.45) is 23.7 Å². The van der Waals surface area contributed by atoms with Gasteiger partial charge in [-0.3, -0.25) is 29.5 Å². The SMILES string of the molecule is COc1ccc([C@@]23C(=O)N(Nc4ccc(Cl)cc4Cl)C(=O)[C@@H]2C[C@@H]2C(=CC[C@@H]4C(=O)N(c5ccc(N6CCOCC6)cc5)C(=O)[C@@H]42)[C@@H]3c2cccc(OC)c2O)cc1. The summed E-state index contributed by atoms with van der Waals surface area (Å²) >= 11 is 12.8. The van der Waals surface area contributed by atoms with Gasteiger partial charge in [-0.15, -0.1) is 0 Å². The number of hydrazine groups is 1. The van der Waals surface area contributed by atoms with E-state index in [4.69, 9.17) is 37.4 Å². The van der Waals surface area contributed by atoms with Crippen molar-refractivity contribution in [2.75, 3.05) is 55.7 Å². The summed E-state index contributed by atoms with van der Waals surface area (Å²) in [7, 11) is 2.97. The second-order valence-corrected chi connectivity index (χ2v) is 16.1. The average molecular weight is 824 g/mol. The molecular formula is C44H40Cl2N4O8. The molecule has 4 aromatic rings. The zero-order chi connectivity index (χ0) is 40.5. The highest BCUT2D eigenvalue weighted by molar-refractivity contribution is 6.36. The van der Waals surface area contributed by atoms with E-state index in [0.29, 0.717) is 46.4 Å². The van der Waals surface area contributed by atoms with Crippen LogP contribution in [0.3, 0.4) is 0 Å². The molecule has 2 N–H and O–H groups in total. The van der Waals surface area contributed by atoms with Crippen LogP contribution in [0, 0.1) is 23.7 Å². The van der Waals surface area contributed by atoms with Crippen molar-refractivity contribution < 1.29 is 38.5 Å². The van der Waals surface area contributed by atoms with E-state index in [0.717, 1.165) is 23.8 Å². The Hall–Kier alpha value is -5.56. The van der Waals surface area contributed by atoms with Crippen molar-refractivity contribution in [3.05, 3.63) is 118 Å². The summed E-state index contributed by atoms with van der Waals surface area (Å²) in [4.78, 5) is 63.2. The predicted octanol–water partition coefficient (Wildman–Crippen LogP) is 6.74. The molecule has 0 aromatic heterocycles. The van der Waals surface area contributed by atoms with Gasteiger partial charge in [-0.2, -0.15) is 5.01 Å². The average Bonchev–Trinajstić information content (AvgIpc) is 3.62.